The highest BCUT2D eigenvalue weighted by Gasteiger charge is 2.30. The van der Waals surface area contributed by atoms with E-state index in [4.69, 9.17) is 0 Å². The van der Waals surface area contributed by atoms with Crippen LogP contribution in [0.2, 0.25) is 0 Å². The molecule has 0 amide bonds. The van der Waals surface area contributed by atoms with Gasteiger partial charge in [0.1, 0.15) is 0 Å². The first-order valence-corrected chi connectivity index (χ1v) is 7.08. The molecule has 20 heavy (non-hydrogen) atoms. The first kappa shape index (κ1) is 14.6. The van der Waals surface area contributed by atoms with Crippen LogP contribution in [0, 0.1) is 6.92 Å². The number of hydrogen-bond acceptors (Lipinski definition) is 1. The number of carbonyl (C=O) groups is 1. The fourth-order valence-electron chi connectivity index (χ4n) is 3.33. The van der Waals surface area contributed by atoms with E-state index < -0.39 is 5.97 Å². The maximum Gasteiger partial charge on any atom is 0.304 e. The van der Waals surface area contributed by atoms with Crippen molar-refractivity contribution in [3.8, 4) is 0 Å². The Morgan fingerprint density at radius 1 is 1.35 bits per heavy atom. The number of aliphatic carboxylic acids is 1. The first-order valence-electron chi connectivity index (χ1n) is 7.08. The summed E-state index contributed by atoms with van der Waals surface area (Å²) in [7, 11) is 2.07. The van der Waals surface area contributed by atoms with Crippen molar-refractivity contribution in [3.05, 3.63) is 35.0 Å². The molecule has 0 bridgehead atoms. The molecule has 0 fully saturated rings. The highest BCUT2D eigenvalue weighted by Crippen LogP contribution is 2.38. The Morgan fingerprint density at radius 2 is 2.00 bits per heavy atom. The van der Waals surface area contributed by atoms with Crippen molar-refractivity contribution in [2.24, 2.45) is 7.05 Å². The molecule has 1 N–H and O–H groups in total. The van der Waals surface area contributed by atoms with Gasteiger partial charge in [-0.2, -0.15) is 0 Å². The van der Waals surface area contributed by atoms with E-state index in [2.05, 4.69) is 43.7 Å². The molecule has 0 saturated carbocycles. The summed E-state index contributed by atoms with van der Waals surface area (Å²) in [6, 6.07) is 6.33. The summed E-state index contributed by atoms with van der Waals surface area (Å²) in [6.45, 7) is 8.26. The monoisotopic (exact) mass is 273 g/mol. The van der Waals surface area contributed by atoms with Crippen LogP contribution in [0.4, 0.5) is 0 Å². The molecule has 1 aromatic heterocycles. The van der Waals surface area contributed by atoms with Gasteiger partial charge in [-0.15, -0.1) is 0 Å². The first-order chi connectivity index (χ1) is 9.29. The van der Waals surface area contributed by atoms with Gasteiger partial charge in [-0.25, -0.2) is 0 Å². The Balaban J connectivity index is 2.78. The van der Waals surface area contributed by atoms with Crippen molar-refractivity contribution >= 4 is 16.9 Å². The number of aryl methyl sites for hydroxylation is 2. The van der Waals surface area contributed by atoms with Crippen molar-refractivity contribution < 1.29 is 9.90 Å². The Bertz CT molecular complexity index is 665. The summed E-state index contributed by atoms with van der Waals surface area (Å²) in [5.41, 5.74) is 4.49. The smallest absolute Gasteiger partial charge is 0.304 e. The minimum atomic E-state index is -0.752. The maximum atomic E-state index is 11.2. The van der Waals surface area contributed by atoms with Crippen LogP contribution in [0.3, 0.4) is 0 Å². The lowest BCUT2D eigenvalue weighted by Gasteiger charge is -2.23. The fourth-order valence-corrected chi connectivity index (χ4v) is 3.33. The average Bonchev–Trinajstić information content (AvgIpc) is 2.61. The van der Waals surface area contributed by atoms with E-state index in [-0.39, 0.29) is 11.8 Å². The third-order valence-electron chi connectivity index (χ3n) is 4.24. The zero-order chi connectivity index (χ0) is 15.1. The van der Waals surface area contributed by atoms with Crippen LogP contribution in [0.25, 0.3) is 10.9 Å². The van der Waals surface area contributed by atoms with Crippen molar-refractivity contribution in [1.29, 1.82) is 0 Å². The number of carboxylic acid groups (broad SMARTS) is 1. The standard InChI is InChI=1S/C17H23NO2/c1-6-12-8-7-9-13-15(11(2)18(5)16(12)13)17(3,4)10-14(19)20/h7-9H,6,10H2,1-5H3,(H,19,20). The van der Waals surface area contributed by atoms with E-state index in [0.717, 1.165) is 17.7 Å². The molecule has 0 aliphatic heterocycles. The van der Waals surface area contributed by atoms with E-state index in [1.54, 1.807) is 0 Å². The van der Waals surface area contributed by atoms with Gasteiger partial charge in [-0.1, -0.05) is 39.0 Å². The van der Waals surface area contributed by atoms with Gasteiger partial charge in [0.2, 0.25) is 0 Å². The molecule has 0 aliphatic carbocycles. The molecule has 108 valence electrons. The maximum absolute atomic E-state index is 11.2. The largest absolute Gasteiger partial charge is 0.481 e. The normalized spacial score (nSPS) is 12.1. The predicted molar refractivity (Wildman–Crippen MR) is 82.3 cm³/mol. The molecule has 1 aromatic carbocycles. The number of benzene rings is 1. The highest BCUT2D eigenvalue weighted by molar-refractivity contribution is 5.90. The van der Waals surface area contributed by atoms with Crippen LogP contribution in [0.5, 0.6) is 0 Å². The summed E-state index contributed by atoms with van der Waals surface area (Å²) in [6.07, 6.45) is 1.12. The molecule has 0 radical (unpaired) electrons. The zero-order valence-corrected chi connectivity index (χ0v) is 12.9. The summed E-state index contributed by atoms with van der Waals surface area (Å²) in [4.78, 5) is 11.2. The number of aromatic nitrogens is 1. The Morgan fingerprint density at radius 3 is 2.55 bits per heavy atom. The summed E-state index contributed by atoms with van der Waals surface area (Å²) in [5, 5.41) is 10.4. The van der Waals surface area contributed by atoms with Gasteiger partial charge in [0.05, 0.1) is 11.9 Å². The Kier molecular flexibility index (Phi) is 3.63. The van der Waals surface area contributed by atoms with Crippen LogP contribution >= 0.6 is 0 Å². The topological polar surface area (TPSA) is 42.2 Å². The minimum Gasteiger partial charge on any atom is -0.481 e. The van der Waals surface area contributed by atoms with Crippen LogP contribution in [0.15, 0.2) is 18.2 Å². The van der Waals surface area contributed by atoms with Crippen LogP contribution in [-0.4, -0.2) is 15.6 Å². The SMILES string of the molecule is CCc1cccc2c(C(C)(C)CC(=O)O)c(C)n(C)c12. The Labute approximate surface area is 120 Å². The molecule has 2 rings (SSSR count). The lowest BCUT2D eigenvalue weighted by atomic mass is 9.79. The van der Waals surface area contributed by atoms with Gasteiger partial charge in [-0.05, 0) is 24.5 Å². The number of nitrogens with zero attached hydrogens (tertiary/aromatic N) is 1. The van der Waals surface area contributed by atoms with Crippen LogP contribution < -0.4 is 0 Å². The van der Waals surface area contributed by atoms with Crippen molar-refractivity contribution in [3.63, 3.8) is 0 Å². The third-order valence-corrected chi connectivity index (χ3v) is 4.24. The summed E-state index contributed by atoms with van der Waals surface area (Å²) < 4.78 is 2.20. The van der Waals surface area contributed by atoms with Gasteiger partial charge < -0.3 is 9.67 Å². The number of hydrogen-bond donors (Lipinski definition) is 1. The summed E-state index contributed by atoms with van der Waals surface area (Å²) >= 11 is 0. The van der Waals surface area contributed by atoms with E-state index in [1.165, 1.54) is 16.5 Å². The van der Waals surface area contributed by atoms with Crippen LogP contribution in [-0.2, 0) is 23.7 Å². The lowest BCUT2D eigenvalue weighted by molar-refractivity contribution is -0.138. The molecule has 0 aliphatic rings. The van der Waals surface area contributed by atoms with E-state index >= 15 is 0 Å². The predicted octanol–water partition coefficient (Wildman–Crippen LogP) is 3.80. The van der Waals surface area contributed by atoms with Crippen LogP contribution in [0.1, 0.15) is 44.0 Å². The number of carboxylic acids is 1. The fraction of sp³-hybridized carbons (Fsp3) is 0.471. The second-order valence-electron chi connectivity index (χ2n) is 6.14. The van der Waals surface area contributed by atoms with Crippen molar-refractivity contribution in [2.75, 3.05) is 0 Å². The number of para-hydroxylation sites is 1. The molecule has 3 nitrogen and oxygen atoms in total. The quantitative estimate of drug-likeness (QED) is 0.920. The second kappa shape index (κ2) is 4.97. The molecule has 1 heterocycles. The molecular formula is C17H23NO2. The Hall–Kier alpha value is -1.77. The zero-order valence-electron chi connectivity index (χ0n) is 12.9. The molecule has 0 unspecified atom stereocenters. The number of fused-ring (bicyclic) bond motifs is 1. The minimum absolute atomic E-state index is 0.142. The molecule has 0 atom stereocenters. The highest BCUT2D eigenvalue weighted by atomic mass is 16.4. The average molecular weight is 273 g/mol. The van der Waals surface area contributed by atoms with Gasteiger partial charge in [0.15, 0.2) is 0 Å². The van der Waals surface area contributed by atoms with Crippen molar-refractivity contribution in [2.45, 2.75) is 46.0 Å². The van der Waals surface area contributed by atoms with Gasteiger partial charge in [0, 0.05) is 23.5 Å². The van der Waals surface area contributed by atoms with Crippen molar-refractivity contribution in [1.82, 2.24) is 4.57 Å². The molecule has 0 spiro atoms. The van der Waals surface area contributed by atoms with E-state index in [0.29, 0.717) is 0 Å². The molecule has 3 heteroatoms. The van der Waals surface area contributed by atoms with E-state index in [9.17, 15) is 9.90 Å². The van der Waals surface area contributed by atoms with Gasteiger partial charge in [0.25, 0.3) is 0 Å². The van der Waals surface area contributed by atoms with E-state index in [1.807, 2.05) is 13.8 Å². The summed E-state index contributed by atoms with van der Waals surface area (Å²) in [5.74, 6) is -0.752. The molecular weight excluding hydrogens is 250 g/mol. The second-order valence-corrected chi connectivity index (χ2v) is 6.14. The third kappa shape index (κ3) is 2.21. The number of rotatable bonds is 4. The lowest BCUT2D eigenvalue weighted by Crippen LogP contribution is -2.22. The van der Waals surface area contributed by atoms with Gasteiger partial charge >= 0.3 is 5.97 Å². The molecule has 0 saturated heterocycles. The van der Waals surface area contributed by atoms with Gasteiger partial charge in [-0.3, -0.25) is 4.79 Å². The molecule has 2 aromatic rings.